The van der Waals surface area contributed by atoms with Gasteiger partial charge in [-0.1, -0.05) is 11.6 Å². The SMILES string of the molecule is Cc1ccc2[nH]c(C)c(CC(=O)Nc3cccnc3)c2c1. The molecular weight excluding hydrogens is 262 g/mol. The fourth-order valence-corrected chi connectivity index (χ4v) is 2.53. The minimum absolute atomic E-state index is 0.0338. The lowest BCUT2D eigenvalue weighted by Gasteiger charge is -2.05. The first-order valence-electron chi connectivity index (χ1n) is 6.91. The van der Waals surface area contributed by atoms with Gasteiger partial charge in [0.05, 0.1) is 18.3 Å². The molecule has 0 aliphatic rings. The van der Waals surface area contributed by atoms with Gasteiger partial charge in [-0.2, -0.15) is 0 Å². The molecule has 0 fully saturated rings. The van der Waals surface area contributed by atoms with Crippen molar-refractivity contribution in [3.8, 4) is 0 Å². The number of aromatic nitrogens is 2. The zero-order chi connectivity index (χ0) is 14.8. The predicted molar refractivity (Wildman–Crippen MR) is 84.3 cm³/mol. The summed E-state index contributed by atoms with van der Waals surface area (Å²) < 4.78 is 0. The molecule has 0 unspecified atom stereocenters. The van der Waals surface area contributed by atoms with E-state index in [9.17, 15) is 4.79 Å². The van der Waals surface area contributed by atoms with Crippen LogP contribution in [-0.4, -0.2) is 15.9 Å². The lowest BCUT2D eigenvalue weighted by molar-refractivity contribution is -0.115. The van der Waals surface area contributed by atoms with Crippen molar-refractivity contribution in [2.75, 3.05) is 5.32 Å². The number of anilines is 1. The smallest absolute Gasteiger partial charge is 0.228 e. The molecule has 4 nitrogen and oxygen atoms in total. The Morgan fingerprint density at radius 1 is 1.29 bits per heavy atom. The van der Waals surface area contributed by atoms with E-state index >= 15 is 0 Å². The highest BCUT2D eigenvalue weighted by Crippen LogP contribution is 2.24. The van der Waals surface area contributed by atoms with Crippen LogP contribution in [0.15, 0.2) is 42.7 Å². The lowest BCUT2D eigenvalue weighted by Crippen LogP contribution is -2.14. The minimum Gasteiger partial charge on any atom is -0.358 e. The summed E-state index contributed by atoms with van der Waals surface area (Å²) in [6.07, 6.45) is 3.68. The molecule has 2 N–H and O–H groups in total. The van der Waals surface area contributed by atoms with E-state index in [0.29, 0.717) is 6.42 Å². The second-order valence-electron chi connectivity index (χ2n) is 5.24. The van der Waals surface area contributed by atoms with Crippen LogP contribution >= 0.6 is 0 Å². The van der Waals surface area contributed by atoms with E-state index in [-0.39, 0.29) is 5.91 Å². The van der Waals surface area contributed by atoms with Crippen molar-refractivity contribution in [2.45, 2.75) is 20.3 Å². The van der Waals surface area contributed by atoms with Crippen LogP contribution in [0.4, 0.5) is 5.69 Å². The predicted octanol–water partition coefficient (Wildman–Crippen LogP) is 3.36. The Morgan fingerprint density at radius 2 is 2.14 bits per heavy atom. The van der Waals surface area contributed by atoms with E-state index in [4.69, 9.17) is 0 Å². The van der Waals surface area contributed by atoms with Crippen molar-refractivity contribution in [1.82, 2.24) is 9.97 Å². The molecule has 3 rings (SSSR count). The van der Waals surface area contributed by atoms with Gasteiger partial charge in [0.15, 0.2) is 0 Å². The number of benzene rings is 1. The molecule has 2 aromatic heterocycles. The summed E-state index contributed by atoms with van der Waals surface area (Å²) in [4.78, 5) is 19.5. The summed E-state index contributed by atoms with van der Waals surface area (Å²) in [5, 5.41) is 3.99. The number of nitrogens with zero attached hydrogens (tertiary/aromatic N) is 1. The first-order chi connectivity index (χ1) is 10.1. The zero-order valence-electron chi connectivity index (χ0n) is 12.1. The van der Waals surface area contributed by atoms with Gasteiger partial charge in [-0.15, -0.1) is 0 Å². The molecule has 0 aliphatic carbocycles. The maximum Gasteiger partial charge on any atom is 0.228 e. The van der Waals surface area contributed by atoms with Crippen molar-refractivity contribution in [3.63, 3.8) is 0 Å². The maximum absolute atomic E-state index is 12.2. The normalized spacial score (nSPS) is 10.8. The largest absolute Gasteiger partial charge is 0.358 e. The van der Waals surface area contributed by atoms with Crippen molar-refractivity contribution in [2.24, 2.45) is 0 Å². The second kappa shape index (κ2) is 5.40. The number of hydrogen-bond donors (Lipinski definition) is 2. The van der Waals surface area contributed by atoms with Crippen LogP contribution in [0.25, 0.3) is 10.9 Å². The number of aryl methyl sites for hydroxylation is 2. The molecule has 0 spiro atoms. The van der Waals surface area contributed by atoms with Crippen molar-refractivity contribution in [3.05, 3.63) is 59.5 Å². The van der Waals surface area contributed by atoms with E-state index in [2.05, 4.69) is 40.4 Å². The van der Waals surface area contributed by atoms with Gasteiger partial charge in [-0.3, -0.25) is 9.78 Å². The minimum atomic E-state index is -0.0338. The maximum atomic E-state index is 12.2. The van der Waals surface area contributed by atoms with Crippen LogP contribution in [0.1, 0.15) is 16.8 Å². The third kappa shape index (κ3) is 2.79. The molecule has 1 amide bonds. The third-order valence-electron chi connectivity index (χ3n) is 3.56. The Kier molecular flexibility index (Phi) is 3.44. The third-order valence-corrected chi connectivity index (χ3v) is 3.56. The van der Waals surface area contributed by atoms with Gasteiger partial charge in [0, 0.05) is 22.8 Å². The van der Waals surface area contributed by atoms with Crippen LogP contribution < -0.4 is 5.32 Å². The number of carbonyl (C=O) groups is 1. The summed E-state index contributed by atoms with van der Waals surface area (Å²) >= 11 is 0. The Bertz CT molecular complexity index is 790. The molecular formula is C17H17N3O. The van der Waals surface area contributed by atoms with Crippen molar-refractivity contribution >= 4 is 22.5 Å². The number of nitrogens with one attached hydrogen (secondary N) is 2. The quantitative estimate of drug-likeness (QED) is 0.772. The Morgan fingerprint density at radius 3 is 2.90 bits per heavy atom. The highest BCUT2D eigenvalue weighted by molar-refractivity contribution is 5.96. The lowest BCUT2D eigenvalue weighted by atomic mass is 10.1. The highest BCUT2D eigenvalue weighted by atomic mass is 16.1. The van der Waals surface area contributed by atoms with E-state index < -0.39 is 0 Å². The van der Waals surface area contributed by atoms with Crippen molar-refractivity contribution < 1.29 is 4.79 Å². The Labute approximate surface area is 123 Å². The molecule has 0 saturated carbocycles. The number of fused-ring (bicyclic) bond motifs is 1. The van der Waals surface area contributed by atoms with Gasteiger partial charge >= 0.3 is 0 Å². The van der Waals surface area contributed by atoms with Crippen molar-refractivity contribution in [1.29, 1.82) is 0 Å². The number of hydrogen-bond acceptors (Lipinski definition) is 2. The number of pyridine rings is 1. The summed E-state index contributed by atoms with van der Waals surface area (Å²) in [5.41, 5.74) is 5.07. The molecule has 0 aliphatic heterocycles. The summed E-state index contributed by atoms with van der Waals surface area (Å²) in [5.74, 6) is -0.0338. The monoisotopic (exact) mass is 279 g/mol. The molecule has 4 heteroatoms. The number of amides is 1. The van der Waals surface area contributed by atoms with Crippen LogP contribution in [0.2, 0.25) is 0 Å². The number of H-pyrrole nitrogens is 1. The number of rotatable bonds is 3. The summed E-state index contributed by atoms with van der Waals surface area (Å²) in [6.45, 7) is 4.06. The molecule has 0 saturated heterocycles. The Balaban J connectivity index is 1.86. The van der Waals surface area contributed by atoms with Gasteiger partial charge < -0.3 is 10.3 Å². The van der Waals surface area contributed by atoms with E-state index in [0.717, 1.165) is 27.8 Å². The number of carbonyl (C=O) groups excluding carboxylic acids is 1. The van der Waals surface area contributed by atoms with Gasteiger partial charge in [-0.25, -0.2) is 0 Å². The van der Waals surface area contributed by atoms with Crippen LogP contribution in [0, 0.1) is 13.8 Å². The summed E-state index contributed by atoms with van der Waals surface area (Å²) in [7, 11) is 0. The van der Waals surface area contributed by atoms with E-state index in [1.807, 2.05) is 13.0 Å². The zero-order valence-corrected chi connectivity index (χ0v) is 12.1. The van der Waals surface area contributed by atoms with Crippen LogP contribution in [0.5, 0.6) is 0 Å². The molecule has 3 aromatic rings. The molecule has 106 valence electrons. The van der Waals surface area contributed by atoms with E-state index in [1.54, 1.807) is 18.5 Å². The van der Waals surface area contributed by atoms with Gasteiger partial charge in [0.2, 0.25) is 5.91 Å². The van der Waals surface area contributed by atoms with Gasteiger partial charge in [-0.05, 0) is 43.7 Å². The molecule has 0 atom stereocenters. The molecule has 21 heavy (non-hydrogen) atoms. The fraction of sp³-hybridized carbons (Fsp3) is 0.176. The number of aromatic amines is 1. The molecule has 2 heterocycles. The first kappa shape index (κ1) is 13.4. The first-order valence-corrected chi connectivity index (χ1v) is 6.91. The van der Waals surface area contributed by atoms with Crippen LogP contribution in [-0.2, 0) is 11.2 Å². The van der Waals surface area contributed by atoms with Gasteiger partial charge in [0.1, 0.15) is 0 Å². The second-order valence-corrected chi connectivity index (χ2v) is 5.24. The molecule has 1 aromatic carbocycles. The standard InChI is InChI=1S/C17H17N3O/c1-11-5-6-16-15(8-11)14(12(2)19-16)9-17(21)20-13-4-3-7-18-10-13/h3-8,10,19H,9H2,1-2H3,(H,20,21). The molecule has 0 radical (unpaired) electrons. The fourth-order valence-electron chi connectivity index (χ4n) is 2.53. The van der Waals surface area contributed by atoms with Crippen LogP contribution in [0.3, 0.4) is 0 Å². The summed E-state index contributed by atoms with van der Waals surface area (Å²) in [6, 6.07) is 9.87. The average molecular weight is 279 g/mol. The highest BCUT2D eigenvalue weighted by Gasteiger charge is 2.12. The van der Waals surface area contributed by atoms with Gasteiger partial charge in [0.25, 0.3) is 0 Å². The topological polar surface area (TPSA) is 57.8 Å². The Hall–Kier alpha value is -2.62. The molecule has 0 bridgehead atoms. The van der Waals surface area contributed by atoms with E-state index in [1.165, 1.54) is 5.56 Å². The average Bonchev–Trinajstić information content (AvgIpc) is 2.76.